The quantitative estimate of drug-likeness (QED) is 0.178. The normalized spacial score (nSPS) is 20.9. The number of rotatable bonds is 7. The van der Waals surface area contributed by atoms with Crippen LogP contribution in [0.15, 0.2) is 77.8 Å². The van der Waals surface area contributed by atoms with Crippen molar-refractivity contribution in [2.75, 3.05) is 5.32 Å². The van der Waals surface area contributed by atoms with Crippen molar-refractivity contribution in [2.45, 2.75) is 69.7 Å². The molecule has 2 bridgehead atoms. The number of nitrogens with zero attached hydrogens (tertiary/aromatic N) is 3. The number of fused-ring (bicyclic) bond motifs is 4. The first-order chi connectivity index (χ1) is 23.2. The number of carboxylic acid groups (broad SMARTS) is 1. The molecular formula is C38H38F2N4O4S. The van der Waals surface area contributed by atoms with Gasteiger partial charge in [-0.2, -0.15) is 0 Å². The smallest absolute Gasteiger partial charge is 0.308 e. The van der Waals surface area contributed by atoms with E-state index in [1.165, 1.54) is 18.3 Å². The van der Waals surface area contributed by atoms with Gasteiger partial charge < -0.3 is 10.4 Å². The molecule has 2 heterocycles. The highest BCUT2D eigenvalue weighted by Gasteiger charge is 2.47. The van der Waals surface area contributed by atoms with Gasteiger partial charge in [0, 0.05) is 40.9 Å². The molecule has 2 atom stereocenters. The summed E-state index contributed by atoms with van der Waals surface area (Å²) in [5.41, 5.74) is 2.88. The van der Waals surface area contributed by atoms with Crippen LogP contribution in [0.4, 0.5) is 14.6 Å². The van der Waals surface area contributed by atoms with E-state index in [2.05, 4.69) is 26.1 Å². The third-order valence-corrected chi connectivity index (χ3v) is 11.9. The van der Waals surface area contributed by atoms with Gasteiger partial charge >= 0.3 is 5.97 Å². The van der Waals surface area contributed by atoms with Crippen molar-refractivity contribution in [3.8, 4) is 22.6 Å². The van der Waals surface area contributed by atoms with Crippen LogP contribution >= 0.6 is 0 Å². The third kappa shape index (κ3) is 5.98. The van der Waals surface area contributed by atoms with Crippen LogP contribution in [0.1, 0.15) is 57.6 Å². The van der Waals surface area contributed by atoms with E-state index in [1.807, 2.05) is 31.2 Å². The van der Waals surface area contributed by atoms with Crippen molar-refractivity contribution in [1.82, 2.24) is 13.9 Å². The molecule has 0 amide bonds. The number of carboxylic acids is 1. The maximum absolute atomic E-state index is 15.6. The molecule has 0 aliphatic heterocycles. The molecule has 5 aromatic rings. The molecule has 2 unspecified atom stereocenters. The zero-order chi connectivity index (χ0) is 34.8. The first-order valence-corrected chi connectivity index (χ1v) is 18.0. The van der Waals surface area contributed by atoms with E-state index >= 15 is 4.39 Å². The number of aliphatic carboxylic acids is 1. The molecule has 254 valence electrons. The lowest BCUT2D eigenvalue weighted by atomic mass is 9.61. The van der Waals surface area contributed by atoms with E-state index in [0.29, 0.717) is 17.6 Å². The molecule has 0 saturated heterocycles. The van der Waals surface area contributed by atoms with E-state index in [1.54, 1.807) is 18.2 Å². The van der Waals surface area contributed by atoms with Crippen molar-refractivity contribution < 1.29 is 27.1 Å². The van der Waals surface area contributed by atoms with Gasteiger partial charge in [-0.15, -0.1) is 0 Å². The van der Waals surface area contributed by atoms with Gasteiger partial charge in [0.25, 0.3) is 10.0 Å². The van der Waals surface area contributed by atoms with Gasteiger partial charge in [-0.1, -0.05) is 62.7 Å². The zero-order valence-electron chi connectivity index (χ0n) is 27.7. The van der Waals surface area contributed by atoms with E-state index in [9.17, 15) is 22.7 Å². The van der Waals surface area contributed by atoms with Gasteiger partial charge in [0.1, 0.15) is 17.2 Å². The van der Waals surface area contributed by atoms with Crippen molar-refractivity contribution >= 4 is 32.7 Å². The maximum Gasteiger partial charge on any atom is 0.308 e. The summed E-state index contributed by atoms with van der Waals surface area (Å²) >= 11 is 0. The SMILES string of the molecule is Cc1ccc(S(=O)(=O)n2cc(-c3nc(NC4C5CCC(CC5)C4C(=O)O)cc(-c4ccc(C(C)(C)C)cc4)n3)c3cc(F)cc(F)c32)cc1. The average molecular weight is 685 g/mol. The lowest BCUT2D eigenvalue weighted by Gasteiger charge is -2.47. The number of hydrogen-bond donors (Lipinski definition) is 2. The molecular weight excluding hydrogens is 647 g/mol. The summed E-state index contributed by atoms with van der Waals surface area (Å²) in [7, 11) is -4.32. The van der Waals surface area contributed by atoms with Gasteiger partial charge in [0.2, 0.25) is 0 Å². The first-order valence-electron chi connectivity index (χ1n) is 16.5. The van der Waals surface area contributed by atoms with Crippen LogP contribution < -0.4 is 5.32 Å². The molecule has 49 heavy (non-hydrogen) atoms. The number of carbonyl (C=O) groups is 1. The number of halogens is 2. The number of hydrogen-bond acceptors (Lipinski definition) is 6. The Kier molecular flexibility index (Phi) is 8.09. The fourth-order valence-corrected chi connectivity index (χ4v) is 8.93. The Morgan fingerprint density at radius 1 is 0.918 bits per heavy atom. The molecule has 3 aliphatic carbocycles. The lowest BCUT2D eigenvalue weighted by molar-refractivity contribution is -0.148. The Morgan fingerprint density at radius 2 is 1.57 bits per heavy atom. The Bertz CT molecular complexity index is 2180. The average Bonchev–Trinajstić information content (AvgIpc) is 3.46. The summed E-state index contributed by atoms with van der Waals surface area (Å²) in [4.78, 5) is 22.0. The molecule has 3 aromatic carbocycles. The van der Waals surface area contributed by atoms with Crippen molar-refractivity contribution in [3.05, 3.63) is 95.7 Å². The highest BCUT2D eigenvalue weighted by molar-refractivity contribution is 7.90. The van der Waals surface area contributed by atoms with Gasteiger partial charge in [-0.25, -0.2) is 31.1 Å². The molecule has 11 heteroatoms. The fourth-order valence-electron chi connectivity index (χ4n) is 7.55. The molecule has 0 radical (unpaired) electrons. The zero-order valence-corrected chi connectivity index (χ0v) is 28.6. The van der Waals surface area contributed by atoms with Crippen LogP contribution in [0.2, 0.25) is 0 Å². The summed E-state index contributed by atoms with van der Waals surface area (Å²) in [6, 6.07) is 17.2. The highest BCUT2D eigenvalue weighted by atomic mass is 32.2. The predicted octanol–water partition coefficient (Wildman–Crippen LogP) is 8.19. The van der Waals surface area contributed by atoms with E-state index < -0.39 is 33.5 Å². The molecule has 8 rings (SSSR count). The first kappa shape index (κ1) is 32.9. The van der Waals surface area contributed by atoms with Crippen LogP contribution in [0.25, 0.3) is 33.5 Å². The van der Waals surface area contributed by atoms with Crippen molar-refractivity contribution in [3.63, 3.8) is 0 Å². The Hall–Kier alpha value is -4.64. The van der Waals surface area contributed by atoms with Crippen LogP contribution in [-0.2, 0) is 20.2 Å². The molecule has 8 nitrogen and oxygen atoms in total. The molecule has 3 aliphatic rings. The summed E-state index contributed by atoms with van der Waals surface area (Å²) in [6.45, 7) is 8.17. The second-order valence-corrected chi connectivity index (χ2v) is 16.3. The summed E-state index contributed by atoms with van der Waals surface area (Å²) in [5.74, 6) is -2.79. The topological polar surface area (TPSA) is 114 Å². The van der Waals surface area contributed by atoms with Crippen LogP contribution in [0.5, 0.6) is 0 Å². The minimum atomic E-state index is -4.32. The van der Waals surface area contributed by atoms with Crippen LogP contribution in [-0.4, -0.2) is 39.5 Å². The molecule has 0 spiro atoms. The largest absolute Gasteiger partial charge is 0.481 e. The third-order valence-electron chi connectivity index (χ3n) is 10.2. The lowest BCUT2D eigenvalue weighted by Crippen LogP contribution is -2.51. The standard InChI is InChI=1S/C38H38F2N4O4S/c1-21-5-15-27(16-6-21)49(47,48)44-20-29(28-17-26(39)18-30(40)35(28)44)36-41-31(22-11-13-25(14-12-22)38(2,3)4)19-32(43-36)42-34-24-9-7-23(8-10-24)33(34)37(45)46/h5-6,11-20,23-24,33-34H,7-10H2,1-4H3,(H,45,46)(H,41,42,43). The van der Waals surface area contributed by atoms with Crippen LogP contribution in [0, 0.1) is 36.3 Å². The fraction of sp³-hybridized carbons (Fsp3) is 0.342. The minimum Gasteiger partial charge on any atom is -0.481 e. The number of benzene rings is 3. The van der Waals surface area contributed by atoms with Crippen molar-refractivity contribution in [2.24, 2.45) is 17.8 Å². The number of anilines is 1. The van der Waals surface area contributed by atoms with Crippen molar-refractivity contribution in [1.29, 1.82) is 0 Å². The molecule has 2 aromatic heterocycles. The van der Waals surface area contributed by atoms with E-state index in [-0.39, 0.29) is 50.5 Å². The Balaban J connectivity index is 1.42. The van der Waals surface area contributed by atoms with Gasteiger partial charge in [-0.05, 0) is 73.6 Å². The monoisotopic (exact) mass is 684 g/mol. The second-order valence-electron chi connectivity index (χ2n) is 14.4. The predicted molar refractivity (Wildman–Crippen MR) is 185 cm³/mol. The number of nitrogens with one attached hydrogen (secondary N) is 1. The van der Waals surface area contributed by atoms with E-state index in [0.717, 1.165) is 52.4 Å². The summed E-state index contributed by atoms with van der Waals surface area (Å²) < 4.78 is 59.1. The Labute approximate surface area is 284 Å². The minimum absolute atomic E-state index is 0.0143. The maximum atomic E-state index is 15.6. The Morgan fingerprint density at radius 3 is 2.20 bits per heavy atom. The van der Waals surface area contributed by atoms with E-state index in [4.69, 9.17) is 9.97 Å². The molecule has 3 fully saturated rings. The van der Waals surface area contributed by atoms with Gasteiger partial charge in [0.15, 0.2) is 11.6 Å². The highest BCUT2D eigenvalue weighted by Crippen LogP contribution is 2.46. The van der Waals surface area contributed by atoms with Gasteiger partial charge in [0.05, 0.1) is 16.5 Å². The second kappa shape index (κ2) is 12.0. The number of aromatic nitrogens is 3. The van der Waals surface area contributed by atoms with Crippen LogP contribution in [0.3, 0.4) is 0 Å². The van der Waals surface area contributed by atoms with Gasteiger partial charge in [-0.3, -0.25) is 4.79 Å². The molecule has 3 saturated carbocycles. The summed E-state index contributed by atoms with van der Waals surface area (Å²) in [5, 5.41) is 13.6. The molecule has 2 N–H and O–H groups in total. The summed E-state index contributed by atoms with van der Waals surface area (Å²) in [6.07, 6.45) is 4.79. The number of aryl methyl sites for hydroxylation is 1.